The second kappa shape index (κ2) is 8.40. The number of carbonyl (C=O) groups excluding carboxylic acids is 1. The van der Waals surface area contributed by atoms with Gasteiger partial charge in [0, 0.05) is 12.5 Å². The van der Waals surface area contributed by atoms with Gasteiger partial charge in [0.05, 0.1) is 0 Å². The first-order valence-electron chi connectivity index (χ1n) is 7.66. The smallest absolute Gasteiger partial charge is 0.223 e. The van der Waals surface area contributed by atoms with Gasteiger partial charge in [0.1, 0.15) is 0 Å². The Bertz CT molecular complexity index is 456. The molecular weight excluding hydrogens is 284 g/mol. The van der Waals surface area contributed by atoms with Crippen LogP contribution in [0.3, 0.4) is 0 Å². The van der Waals surface area contributed by atoms with E-state index in [0.29, 0.717) is 12.5 Å². The third kappa shape index (κ3) is 4.45. The SMILES string of the molecule is Cc1cccc(C)c1CCNC(=O)[C@@H]1CCC[C@@H]1CN.Cl. The minimum atomic E-state index is 0. The summed E-state index contributed by atoms with van der Waals surface area (Å²) < 4.78 is 0. The molecule has 3 nitrogen and oxygen atoms in total. The summed E-state index contributed by atoms with van der Waals surface area (Å²) in [6.07, 6.45) is 4.14. The topological polar surface area (TPSA) is 55.1 Å². The van der Waals surface area contributed by atoms with Gasteiger partial charge >= 0.3 is 0 Å². The molecule has 1 aromatic rings. The van der Waals surface area contributed by atoms with Crippen molar-refractivity contribution < 1.29 is 4.79 Å². The highest BCUT2D eigenvalue weighted by atomic mass is 35.5. The molecule has 118 valence electrons. The highest BCUT2D eigenvalue weighted by Crippen LogP contribution is 2.30. The Balaban J connectivity index is 0.00000220. The number of hydrogen-bond donors (Lipinski definition) is 2. The fraction of sp³-hybridized carbons (Fsp3) is 0.588. The summed E-state index contributed by atoms with van der Waals surface area (Å²) in [5.74, 6) is 0.720. The first-order chi connectivity index (χ1) is 9.63. The zero-order chi connectivity index (χ0) is 14.5. The van der Waals surface area contributed by atoms with Crippen molar-refractivity contribution in [2.75, 3.05) is 13.1 Å². The highest BCUT2D eigenvalue weighted by molar-refractivity contribution is 5.85. The van der Waals surface area contributed by atoms with E-state index in [1.54, 1.807) is 0 Å². The maximum Gasteiger partial charge on any atom is 0.223 e. The summed E-state index contributed by atoms with van der Waals surface area (Å²) in [4.78, 5) is 12.2. The third-order valence-electron chi connectivity index (χ3n) is 4.62. The average molecular weight is 311 g/mol. The molecule has 0 unspecified atom stereocenters. The Labute approximate surface area is 134 Å². The molecule has 0 aromatic heterocycles. The van der Waals surface area contributed by atoms with Crippen molar-refractivity contribution in [2.24, 2.45) is 17.6 Å². The fourth-order valence-electron chi connectivity index (χ4n) is 3.35. The van der Waals surface area contributed by atoms with E-state index in [4.69, 9.17) is 5.73 Å². The molecule has 1 saturated carbocycles. The van der Waals surface area contributed by atoms with Crippen LogP contribution in [0.15, 0.2) is 18.2 Å². The van der Waals surface area contributed by atoms with E-state index in [1.807, 2.05) is 0 Å². The fourth-order valence-corrected chi connectivity index (χ4v) is 3.35. The lowest BCUT2D eigenvalue weighted by molar-refractivity contribution is -0.125. The molecular formula is C17H27ClN2O. The number of amides is 1. The van der Waals surface area contributed by atoms with Gasteiger partial charge in [-0.25, -0.2) is 0 Å². The maximum absolute atomic E-state index is 12.2. The van der Waals surface area contributed by atoms with Crippen LogP contribution in [0, 0.1) is 25.7 Å². The largest absolute Gasteiger partial charge is 0.356 e. The van der Waals surface area contributed by atoms with E-state index in [1.165, 1.54) is 16.7 Å². The third-order valence-corrected chi connectivity index (χ3v) is 4.62. The van der Waals surface area contributed by atoms with Crippen LogP contribution in [0.25, 0.3) is 0 Å². The number of aryl methyl sites for hydroxylation is 2. The zero-order valence-corrected chi connectivity index (χ0v) is 13.8. The Hall–Kier alpha value is -1.06. The lowest BCUT2D eigenvalue weighted by Gasteiger charge is -2.18. The van der Waals surface area contributed by atoms with Gasteiger partial charge in [0.15, 0.2) is 0 Å². The Morgan fingerprint density at radius 1 is 1.29 bits per heavy atom. The van der Waals surface area contributed by atoms with Crippen molar-refractivity contribution in [3.8, 4) is 0 Å². The molecule has 0 aliphatic heterocycles. The number of nitrogens with two attached hydrogens (primary N) is 1. The minimum Gasteiger partial charge on any atom is -0.356 e. The summed E-state index contributed by atoms with van der Waals surface area (Å²) in [7, 11) is 0. The van der Waals surface area contributed by atoms with E-state index in [-0.39, 0.29) is 24.2 Å². The van der Waals surface area contributed by atoms with Gasteiger partial charge in [-0.3, -0.25) is 4.79 Å². The minimum absolute atomic E-state index is 0. The summed E-state index contributed by atoms with van der Waals surface area (Å²) in [6, 6.07) is 6.34. The van der Waals surface area contributed by atoms with Crippen molar-refractivity contribution in [3.05, 3.63) is 34.9 Å². The van der Waals surface area contributed by atoms with E-state index < -0.39 is 0 Å². The molecule has 0 radical (unpaired) electrons. The average Bonchev–Trinajstić information content (AvgIpc) is 2.90. The molecule has 0 spiro atoms. The molecule has 1 amide bonds. The van der Waals surface area contributed by atoms with Crippen LogP contribution in [0.2, 0.25) is 0 Å². The monoisotopic (exact) mass is 310 g/mol. The van der Waals surface area contributed by atoms with Gasteiger partial charge < -0.3 is 11.1 Å². The zero-order valence-electron chi connectivity index (χ0n) is 13.0. The predicted octanol–water partition coefficient (Wildman–Crippen LogP) is 2.76. The van der Waals surface area contributed by atoms with Crippen LogP contribution in [0.4, 0.5) is 0 Å². The molecule has 2 atom stereocenters. The van der Waals surface area contributed by atoms with Crippen molar-refractivity contribution in [1.29, 1.82) is 0 Å². The standard InChI is InChI=1S/C17H26N2O.ClH/c1-12-5-3-6-13(2)15(12)9-10-19-17(20)16-8-4-7-14(16)11-18;/h3,5-6,14,16H,4,7-11,18H2,1-2H3,(H,19,20);1H/t14-,16-;/m1./s1. The number of rotatable bonds is 5. The summed E-state index contributed by atoms with van der Waals surface area (Å²) >= 11 is 0. The van der Waals surface area contributed by atoms with Crippen molar-refractivity contribution in [2.45, 2.75) is 39.5 Å². The van der Waals surface area contributed by atoms with Crippen molar-refractivity contribution >= 4 is 18.3 Å². The number of nitrogens with one attached hydrogen (secondary N) is 1. The molecule has 0 bridgehead atoms. The molecule has 0 heterocycles. The van der Waals surface area contributed by atoms with Gasteiger partial charge in [-0.1, -0.05) is 24.6 Å². The Morgan fingerprint density at radius 2 is 1.95 bits per heavy atom. The van der Waals surface area contributed by atoms with Gasteiger partial charge in [0.25, 0.3) is 0 Å². The first kappa shape index (κ1) is 18.0. The number of halogens is 1. The molecule has 1 aliphatic rings. The molecule has 3 N–H and O–H groups in total. The molecule has 1 aromatic carbocycles. The molecule has 4 heteroatoms. The summed E-state index contributed by atoms with van der Waals surface area (Å²) in [5.41, 5.74) is 9.71. The Kier molecular flexibility index (Phi) is 7.20. The van der Waals surface area contributed by atoms with Crippen LogP contribution in [-0.2, 0) is 11.2 Å². The normalized spacial score (nSPS) is 20.9. The van der Waals surface area contributed by atoms with Crippen LogP contribution in [0.1, 0.15) is 36.0 Å². The van der Waals surface area contributed by atoms with Crippen molar-refractivity contribution in [1.82, 2.24) is 5.32 Å². The van der Waals surface area contributed by atoms with Crippen molar-refractivity contribution in [3.63, 3.8) is 0 Å². The maximum atomic E-state index is 12.2. The van der Waals surface area contributed by atoms with E-state index >= 15 is 0 Å². The number of hydrogen-bond acceptors (Lipinski definition) is 2. The van der Waals surface area contributed by atoms with Gasteiger partial charge in [-0.2, -0.15) is 0 Å². The quantitative estimate of drug-likeness (QED) is 0.878. The highest BCUT2D eigenvalue weighted by Gasteiger charge is 2.31. The Morgan fingerprint density at radius 3 is 2.57 bits per heavy atom. The summed E-state index contributed by atoms with van der Waals surface area (Å²) in [5, 5.41) is 3.10. The van der Waals surface area contributed by atoms with Crippen LogP contribution in [-0.4, -0.2) is 19.0 Å². The van der Waals surface area contributed by atoms with Crippen LogP contribution >= 0.6 is 12.4 Å². The van der Waals surface area contributed by atoms with Crippen LogP contribution < -0.4 is 11.1 Å². The van der Waals surface area contributed by atoms with Crippen LogP contribution in [0.5, 0.6) is 0 Å². The molecule has 1 aliphatic carbocycles. The predicted molar refractivity (Wildman–Crippen MR) is 89.8 cm³/mol. The molecule has 21 heavy (non-hydrogen) atoms. The van der Waals surface area contributed by atoms with Gasteiger partial charge in [-0.05, 0) is 62.3 Å². The van der Waals surface area contributed by atoms with Gasteiger partial charge in [0.2, 0.25) is 5.91 Å². The lowest BCUT2D eigenvalue weighted by Crippen LogP contribution is -2.36. The second-order valence-electron chi connectivity index (χ2n) is 5.94. The van der Waals surface area contributed by atoms with Gasteiger partial charge in [-0.15, -0.1) is 12.4 Å². The lowest BCUT2D eigenvalue weighted by atomic mass is 9.95. The number of benzene rings is 1. The van der Waals surface area contributed by atoms with E-state index in [2.05, 4.69) is 37.4 Å². The van der Waals surface area contributed by atoms with E-state index in [0.717, 1.165) is 32.2 Å². The summed E-state index contributed by atoms with van der Waals surface area (Å²) in [6.45, 7) is 5.62. The second-order valence-corrected chi connectivity index (χ2v) is 5.94. The molecule has 1 fully saturated rings. The number of carbonyl (C=O) groups is 1. The first-order valence-corrected chi connectivity index (χ1v) is 7.66. The molecule has 0 saturated heterocycles. The van der Waals surface area contributed by atoms with E-state index in [9.17, 15) is 4.79 Å². The molecule has 2 rings (SSSR count).